The first-order valence-electron chi connectivity index (χ1n) is 6.03. The van der Waals surface area contributed by atoms with E-state index in [-0.39, 0.29) is 0 Å². The van der Waals surface area contributed by atoms with Crippen LogP contribution in [0.25, 0.3) is 0 Å². The maximum absolute atomic E-state index is 5.37. The van der Waals surface area contributed by atoms with Crippen molar-refractivity contribution in [1.29, 1.82) is 0 Å². The summed E-state index contributed by atoms with van der Waals surface area (Å²) in [7, 11) is 0. The van der Waals surface area contributed by atoms with Crippen LogP contribution in [0, 0.1) is 24.2 Å². The molecule has 2 bridgehead atoms. The third kappa shape index (κ3) is 1.96. The van der Waals surface area contributed by atoms with E-state index in [0.717, 1.165) is 30.7 Å². The molecule has 78 valence electrons. The summed E-state index contributed by atoms with van der Waals surface area (Å²) < 4.78 is 0. The van der Waals surface area contributed by atoms with Gasteiger partial charge in [-0.05, 0) is 37.5 Å². The highest BCUT2D eigenvalue weighted by Gasteiger charge is 2.39. The van der Waals surface area contributed by atoms with Gasteiger partial charge in [0.05, 0.1) is 0 Å². The molecule has 2 rings (SSSR count). The van der Waals surface area contributed by atoms with Crippen molar-refractivity contribution < 1.29 is 0 Å². The van der Waals surface area contributed by atoms with Crippen LogP contribution in [0.1, 0.15) is 45.4 Å². The Balaban J connectivity index is 1.82. The summed E-state index contributed by atoms with van der Waals surface area (Å²) in [6, 6.07) is 1.34. The molecule has 1 heteroatoms. The molecule has 0 aromatic rings. The lowest BCUT2D eigenvalue weighted by atomic mass is 9.94. The summed E-state index contributed by atoms with van der Waals surface area (Å²) in [5.41, 5.74) is 0. The number of hydrogen-bond donors (Lipinski definition) is 1. The highest BCUT2D eigenvalue weighted by molar-refractivity contribution is 4.97. The fourth-order valence-electron chi connectivity index (χ4n) is 3.21. The molecule has 2 fully saturated rings. The molecule has 0 spiro atoms. The van der Waals surface area contributed by atoms with E-state index in [0.29, 0.717) is 6.04 Å². The zero-order valence-corrected chi connectivity index (χ0v) is 9.13. The molecule has 2 aliphatic rings. The van der Waals surface area contributed by atoms with Gasteiger partial charge in [0.1, 0.15) is 0 Å². The van der Waals surface area contributed by atoms with Crippen molar-refractivity contribution in [2.45, 2.75) is 57.5 Å². The van der Waals surface area contributed by atoms with E-state index >= 15 is 0 Å². The van der Waals surface area contributed by atoms with Gasteiger partial charge in [-0.3, -0.25) is 0 Å². The van der Waals surface area contributed by atoms with Crippen molar-refractivity contribution in [3.63, 3.8) is 0 Å². The van der Waals surface area contributed by atoms with Crippen LogP contribution >= 0.6 is 0 Å². The molecule has 0 aromatic carbocycles. The monoisotopic (exact) mass is 191 g/mol. The van der Waals surface area contributed by atoms with Gasteiger partial charge in [0.15, 0.2) is 0 Å². The summed E-state index contributed by atoms with van der Waals surface area (Å²) in [4.78, 5) is 0. The molecule has 2 saturated carbocycles. The van der Waals surface area contributed by atoms with E-state index in [4.69, 9.17) is 6.42 Å². The van der Waals surface area contributed by atoms with Gasteiger partial charge < -0.3 is 5.32 Å². The Morgan fingerprint density at radius 2 is 2.29 bits per heavy atom. The molecule has 0 aliphatic heterocycles. The summed E-state index contributed by atoms with van der Waals surface area (Å²) in [5.74, 6) is 4.77. The van der Waals surface area contributed by atoms with E-state index in [1.807, 2.05) is 0 Å². The Morgan fingerprint density at radius 1 is 1.43 bits per heavy atom. The van der Waals surface area contributed by atoms with Crippen LogP contribution in [0.2, 0.25) is 0 Å². The van der Waals surface area contributed by atoms with Gasteiger partial charge in [-0.2, -0.15) is 0 Å². The SMILES string of the molecule is C#CCC(CC)NC1CC2CCC1C2. The Bertz CT molecular complexity index is 228. The standard InChI is InChI=1S/C13H21N/c1-3-5-12(4-2)14-13-9-10-6-7-11(13)8-10/h1,10-14H,4-9H2,2H3. The van der Waals surface area contributed by atoms with E-state index < -0.39 is 0 Å². The fraction of sp³-hybridized carbons (Fsp3) is 0.846. The van der Waals surface area contributed by atoms with Crippen molar-refractivity contribution in [2.75, 3.05) is 0 Å². The van der Waals surface area contributed by atoms with Crippen LogP contribution in [0.4, 0.5) is 0 Å². The first kappa shape index (κ1) is 10.1. The molecule has 0 aromatic heterocycles. The van der Waals surface area contributed by atoms with Crippen LogP contribution in [-0.4, -0.2) is 12.1 Å². The highest BCUT2D eigenvalue weighted by atomic mass is 15.0. The second kappa shape index (κ2) is 4.36. The molecule has 4 unspecified atom stereocenters. The summed E-state index contributed by atoms with van der Waals surface area (Å²) in [5, 5.41) is 3.76. The molecule has 0 radical (unpaired) electrons. The lowest BCUT2D eigenvalue weighted by molar-refractivity contribution is 0.315. The van der Waals surface area contributed by atoms with Crippen molar-refractivity contribution in [1.82, 2.24) is 5.32 Å². The number of terminal acetylenes is 1. The zero-order valence-electron chi connectivity index (χ0n) is 9.13. The van der Waals surface area contributed by atoms with Gasteiger partial charge in [0, 0.05) is 18.5 Å². The summed E-state index contributed by atoms with van der Waals surface area (Å²) in [6.45, 7) is 2.22. The summed E-state index contributed by atoms with van der Waals surface area (Å²) >= 11 is 0. The molecule has 0 saturated heterocycles. The van der Waals surface area contributed by atoms with Gasteiger partial charge in [0.2, 0.25) is 0 Å². The minimum atomic E-state index is 0.560. The van der Waals surface area contributed by atoms with Crippen molar-refractivity contribution in [2.24, 2.45) is 11.8 Å². The Morgan fingerprint density at radius 3 is 2.79 bits per heavy atom. The van der Waals surface area contributed by atoms with E-state index in [1.54, 1.807) is 0 Å². The van der Waals surface area contributed by atoms with Crippen LogP contribution in [0.3, 0.4) is 0 Å². The first-order chi connectivity index (χ1) is 6.83. The van der Waals surface area contributed by atoms with Crippen LogP contribution < -0.4 is 5.32 Å². The number of nitrogens with one attached hydrogen (secondary N) is 1. The number of hydrogen-bond acceptors (Lipinski definition) is 1. The van der Waals surface area contributed by atoms with Crippen LogP contribution in [0.15, 0.2) is 0 Å². The van der Waals surface area contributed by atoms with Crippen molar-refractivity contribution in [3.05, 3.63) is 0 Å². The number of rotatable bonds is 4. The Labute approximate surface area is 87.7 Å². The predicted octanol–water partition coefficient (Wildman–Crippen LogP) is 2.57. The molecule has 0 amide bonds. The molecular formula is C13H21N. The van der Waals surface area contributed by atoms with Crippen LogP contribution in [-0.2, 0) is 0 Å². The largest absolute Gasteiger partial charge is 0.310 e. The average Bonchev–Trinajstić information content (AvgIpc) is 2.78. The van der Waals surface area contributed by atoms with Crippen molar-refractivity contribution in [3.8, 4) is 12.3 Å². The van der Waals surface area contributed by atoms with Gasteiger partial charge in [-0.25, -0.2) is 0 Å². The molecule has 0 heterocycles. The fourth-order valence-corrected chi connectivity index (χ4v) is 3.21. The minimum Gasteiger partial charge on any atom is -0.310 e. The molecule has 14 heavy (non-hydrogen) atoms. The first-order valence-corrected chi connectivity index (χ1v) is 6.03. The predicted molar refractivity (Wildman–Crippen MR) is 59.9 cm³/mol. The lowest BCUT2D eigenvalue weighted by Gasteiger charge is -2.27. The van der Waals surface area contributed by atoms with Gasteiger partial charge in [0.25, 0.3) is 0 Å². The zero-order chi connectivity index (χ0) is 9.97. The molecular weight excluding hydrogens is 170 g/mol. The Hall–Kier alpha value is -0.480. The Kier molecular flexibility index (Phi) is 3.13. The molecule has 2 aliphatic carbocycles. The third-order valence-electron chi connectivity index (χ3n) is 4.04. The lowest BCUT2D eigenvalue weighted by Crippen LogP contribution is -2.40. The van der Waals surface area contributed by atoms with Crippen LogP contribution in [0.5, 0.6) is 0 Å². The quantitative estimate of drug-likeness (QED) is 0.673. The van der Waals surface area contributed by atoms with E-state index in [9.17, 15) is 0 Å². The van der Waals surface area contributed by atoms with Gasteiger partial charge in [-0.15, -0.1) is 12.3 Å². The normalized spacial score (nSPS) is 37.0. The topological polar surface area (TPSA) is 12.0 Å². The molecule has 4 atom stereocenters. The summed E-state index contributed by atoms with van der Waals surface area (Å²) in [6.07, 6.45) is 13.2. The number of fused-ring (bicyclic) bond motifs is 2. The maximum atomic E-state index is 5.37. The third-order valence-corrected chi connectivity index (χ3v) is 4.04. The van der Waals surface area contributed by atoms with E-state index in [1.165, 1.54) is 25.7 Å². The smallest absolute Gasteiger partial charge is 0.0240 e. The highest BCUT2D eigenvalue weighted by Crippen LogP contribution is 2.44. The minimum absolute atomic E-state index is 0.560. The van der Waals surface area contributed by atoms with Gasteiger partial charge >= 0.3 is 0 Å². The van der Waals surface area contributed by atoms with Gasteiger partial charge in [-0.1, -0.05) is 13.3 Å². The average molecular weight is 191 g/mol. The second-order valence-electron chi connectivity index (χ2n) is 4.96. The maximum Gasteiger partial charge on any atom is 0.0240 e. The molecule has 1 nitrogen and oxygen atoms in total. The van der Waals surface area contributed by atoms with E-state index in [2.05, 4.69) is 18.2 Å². The second-order valence-corrected chi connectivity index (χ2v) is 4.96. The van der Waals surface area contributed by atoms with Crippen molar-refractivity contribution >= 4 is 0 Å². The molecule has 1 N–H and O–H groups in total.